The number of carbonyl (C=O) groups is 4. The van der Waals surface area contributed by atoms with Crippen LogP contribution in [0.2, 0.25) is 0 Å². The first-order valence-electron chi connectivity index (χ1n) is 10.7. The third kappa shape index (κ3) is 7.14. The summed E-state index contributed by atoms with van der Waals surface area (Å²) in [6.07, 6.45) is 0.372. The molecular formula is C24H28O8S2. The Kier molecular flexibility index (Phi) is 11.2. The van der Waals surface area contributed by atoms with Crippen molar-refractivity contribution in [2.45, 2.75) is 36.5 Å². The molecule has 0 radical (unpaired) electrons. The lowest BCUT2D eigenvalue weighted by Gasteiger charge is -2.08. The normalized spacial score (nSPS) is 10.6. The minimum Gasteiger partial charge on any atom is -0.469 e. The molecule has 0 unspecified atom stereocenters. The molecule has 2 rings (SSSR count). The zero-order chi connectivity index (χ0) is 25.1. The average Bonchev–Trinajstić information content (AvgIpc) is 2.99. The predicted molar refractivity (Wildman–Crippen MR) is 130 cm³/mol. The lowest BCUT2D eigenvalue weighted by Crippen LogP contribution is -2.09. The van der Waals surface area contributed by atoms with Gasteiger partial charge in [0.05, 0.1) is 51.4 Å². The summed E-state index contributed by atoms with van der Waals surface area (Å²) >= 11 is 2.67. The highest BCUT2D eigenvalue weighted by Crippen LogP contribution is 2.43. The second kappa shape index (κ2) is 13.9. The first kappa shape index (κ1) is 27.5. The van der Waals surface area contributed by atoms with E-state index in [1.165, 1.54) is 37.7 Å². The number of esters is 4. The fourth-order valence-electron chi connectivity index (χ4n) is 3.12. The standard InChI is InChI=1S/C24H28O8S2/c1-5-31-23(27)20-16-9-7-15(33-13-11-18(25)29-3)8-10-17(16)21(24(28)32-6-2)22(20)34-14-12-19(26)30-4/h7-10H,5-6,11-14H2,1-4H3. The van der Waals surface area contributed by atoms with Gasteiger partial charge in [0.25, 0.3) is 0 Å². The van der Waals surface area contributed by atoms with Crippen LogP contribution < -0.4 is 0 Å². The number of hydrogen-bond acceptors (Lipinski definition) is 10. The van der Waals surface area contributed by atoms with E-state index in [0.29, 0.717) is 27.5 Å². The van der Waals surface area contributed by atoms with Crippen LogP contribution in [0.25, 0.3) is 11.1 Å². The molecule has 8 nitrogen and oxygen atoms in total. The van der Waals surface area contributed by atoms with Gasteiger partial charge in [-0.3, -0.25) is 9.59 Å². The van der Waals surface area contributed by atoms with Crippen molar-refractivity contribution in [3.8, 4) is 11.1 Å². The number of thioether (sulfide) groups is 2. The van der Waals surface area contributed by atoms with E-state index in [-0.39, 0.29) is 49.1 Å². The molecule has 0 saturated heterocycles. The number of fused-ring (bicyclic) bond motifs is 1. The van der Waals surface area contributed by atoms with Crippen molar-refractivity contribution >= 4 is 47.4 Å². The fraction of sp³-hybridized carbons (Fsp3) is 0.417. The zero-order valence-corrected chi connectivity index (χ0v) is 21.3. The summed E-state index contributed by atoms with van der Waals surface area (Å²) < 4.78 is 19.9. The van der Waals surface area contributed by atoms with Gasteiger partial charge >= 0.3 is 23.9 Å². The third-order valence-corrected chi connectivity index (χ3v) is 6.77. The Balaban J connectivity index is 2.56. The van der Waals surface area contributed by atoms with Gasteiger partial charge in [0.2, 0.25) is 0 Å². The van der Waals surface area contributed by atoms with Gasteiger partial charge in [-0.2, -0.15) is 0 Å². The van der Waals surface area contributed by atoms with Crippen LogP contribution in [0.15, 0.2) is 34.1 Å². The van der Waals surface area contributed by atoms with Gasteiger partial charge in [-0.1, -0.05) is 12.1 Å². The number of rotatable bonds is 12. The second-order valence-electron chi connectivity index (χ2n) is 6.77. The van der Waals surface area contributed by atoms with Crippen molar-refractivity contribution in [1.82, 2.24) is 0 Å². The minimum atomic E-state index is -0.560. The minimum absolute atomic E-state index is 0.113. The summed E-state index contributed by atoms with van der Waals surface area (Å²) in [5, 5.41) is 0. The Hall–Kier alpha value is -2.72. The number of methoxy groups -OCH3 is 2. The molecule has 0 atom stereocenters. The van der Waals surface area contributed by atoms with Gasteiger partial charge in [0, 0.05) is 21.3 Å². The summed E-state index contributed by atoms with van der Waals surface area (Å²) in [4.78, 5) is 50.2. The molecule has 10 heteroatoms. The summed E-state index contributed by atoms with van der Waals surface area (Å²) in [5.41, 5.74) is 1.61. The van der Waals surface area contributed by atoms with Gasteiger partial charge in [-0.15, -0.1) is 23.5 Å². The number of hydrogen-bond donors (Lipinski definition) is 0. The molecular weight excluding hydrogens is 480 g/mol. The second-order valence-corrected chi connectivity index (χ2v) is 9.04. The van der Waals surface area contributed by atoms with Crippen LogP contribution in [0.5, 0.6) is 0 Å². The van der Waals surface area contributed by atoms with Gasteiger partial charge < -0.3 is 18.9 Å². The molecule has 0 saturated carbocycles. The molecule has 0 N–H and O–H groups in total. The maximum Gasteiger partial charge on any atom is 0.339 e. The summed E-state index contributed by atoms with van der Waals surface area (Å²) in [6.45, 7) is 3.74. The van der Waals surface area contributed by atoms with Crippen LogP contribution in [-0.2, 0) is 28.5 Å². The van der Waals surface area contributed by atoms with Crippen molar-refractivity contribution in [2.24, 2.45) is 0 Å². The number of ether oxygens (including phenoxy) is 4. The SMILES string of the molecule is CCOC(=O)c1c2ccc(SCCC(=O)OC)ccc-2c(C(=O)OCC)c1SCCC(=O)OC. The Morgan fingerprint density at radius 2 is 1.15 bits per heavy atom. The van der Waals surface area contributed by atoms with E-state index in [1.807, 2.05) is 12.1 Å². The topological polar surface area (TPSA) is 105 Å². The monoisotopic (exact) mass is 508 g/mol. The molecule has 2 aliphatic carbocycles. The van der Waals surface area contributed by atoms with Gasteiger partial charge in [-0.05, 0) is 37.1 Å². The molecule has 184 valence electrons. The molecule has 0 aromatic heterocycles. The number of carbonyl (C=O) groups excluding carboxylic acids is 4. The predicted octanol–water partition coefficient (Wildman–Crippen LogP) is 4.46. The Bertz CT molecular complexity index is 949. The van der Waals surface area contributed by atoms with Gasteiger partial charge in [0.15, 0.2) is 0 Å². The largest absolute Gasteiger partial charge is 0.469 e. The average molecular weight is 509 g/mol. The molecule has 0 aliphatic heterocycles. The van der Waals surface area contributed by atoms with Crippen LogP contribution >= 0.6 is 23.5 Å². The molecule has 0 aromatic carbocycles. The zero-order valence-electron chi connectivity index (χ0n) is 19.6. The first-order chi connectivity index (χ1) is 16.4. The first-order valence-corrected chi connectivity index (χ1v) is 12.7. The highest BCUT2D eigenvalue weighted by atomic mass is 32.2. The molecule has 0 fully saturated rings. The van der Waals surface area contributed by atoms with Crippen LogP contribution in [0, 0.1) is 0 Å². The van der Waals surface area contributed by atoms with Crippen LogP contribution in [0.3, 0.4) is 0 Å². The summed E-state index contributed by atoms with van der Waals surface area (Å²) in [7, 11) is 2.65. The van der Waals surface area contributed by atoms with Crippen LogP contribution in [-0.4, -0.2) is 62.8 Å². The Morgan fingerprint density at radius 1 is 0.706 bits per heavy atom. The smallest absolute Gasteiger partial charge is 0.339 e. The molecule has 0 amide bonds. The van der Waals surface area contributed by atoms with E-state index >= 15 is 0 Å². The van der Waals surface area contributed by atoms with E-state index in [9.17, 15) is 19.2 Å². The van der Waals surface area contributed by atoms with E-state index in [0.717, 1.165) is 4.90 Å². The van der Waals surface area contributed by atoms with Crippen LogP contribution in [0.4, 0.5) is 0 Å². The Labute approximate surface area is 207 Å². The van der Waals surface area contributed by atoms with Crippen molar-refractivity contribution in [2.75, 3.05) is 38.9 Å². The maximum atomic E-state index is 13.0. The fourth-order valence-corrected chi connectivity index (χ4v) is 5.10. The van der Waals surface area contributed by atoms with E-state index in [4.69, 9.17) is 14.2 Å². The molecule has 0 bridgehead atoms. The lowest BCUT2D eigenvalue weighted by molar-refractivity contribution is -0.141. The lowest BCUT2D eigenvalue weighted by atomic mass is 10.1. The van der Waals surface area contributed by atoms with Crippen molar-refractivity contribution in [3.05, 3.63) is 35.4 Å². The molecule has 0 aromatic rings. The maximum absolute atomic E-state index is 13.0. The van der Waals surface area contributed by atoms with Gasteiger partial charge in [0.1, 0.15) is 0 Å². The summed E-state index contributed by atoms with van der Waals surface area (Å²) in [5.74, 6) is -0.981. The van der Waals surface area contributed by atoms with Crippen molar-refractivity contribution in [1.29, 1.82) is 0 Å². The highest BCUT2D eigenvalue weighted by Gasteiger charge is 2.32. The third-order valence-electron chi connectivity index (χ3n) is 4.65. The molecule has 0 heterocycles. The summed E-state index contributed by atoms with van der Waals surface area (Å²) in [6, 6.07) is 7.17. The molecule has 0 spiro atoms. The van der Waals surface area contributed by atoms with Crippen LogP contribution in [0.1, 0.15) is 47.4 Å². The van der Waals surface area contributed by atoms with E-state index in [2.05, 4.69) is 4.74 Å². The Morgan fingerprint density at radius 3 is 1.56 bits per heavy atom. The van der Waals surface area contributed by atoms with E-state index < -0.39 is 11.9 Å². The molecule has 2 aliphatic rings. The van der Waals surface area contributed by atoms with Crippen molar-refractivity contribution in [3.63, 3.8) is 0 Å². The molecule has 34 heavy (non-hydrogen) atoms. The van der Waals surface area contributed by atoms with Gasteiger partial charge in [-0.25, -0.2) is 9.59 Å². The van der Waals surface area contributed by atoms with E-state index in [1.54, 1.807) is 26.0 Å². The highest BCUT2D eigenvalue weighted by molar-refractivity contribution is 7.99. The van der Waals surface area contributed by atoms with Crippen molar-refractivity contribution < 1.29 is 38.1 Å². The quantitative estimate of drug-likeness (QED) is 0.232.